The Labute approximate surface area is 174 Å². The highest BCUT2D eigenvalue weighted by atomic mass is 32.2. The molecule has 28 heavy (non-hydrogen) atoms. The van der Waals surface area contributed by atoms with Gasteiger partial charge in [0.25, 0.3) is 5.24 Å². The van der Waals surface area contributed by atoms with E-state index < -0.39 is 0 Å². The zero-order valence-corrected chi connectivity index (χ0v) is 19.2. The third-order valence-corrected chi connectivity index (χ3v) is 3.28. The Hall–Kier alpha value is -1.32. The van der Waals surface area contributed by atoms with Crippen LogP contribution < -0.4 is 0 Å². The topological polar surface area (TPSA) is 113 Å². The van der Waals surface area contributed by atoms with Crippen molar-refractivity contribution in [2.45, 2.75) is 48.5 Å². The van der Waals surface area contributed by atoms with Crippen molar-refractivity contribution >= 4 is 28.9 Å². The molecule has 0 unspecified atom stereocenters. The first-order valence-corrected chi connectivity index (χ1v) is 10.4. The predicted octanol–water partition coefficient (Wildman–Crippen LogP) is 2.56. The van der Waals surface area contributed by atoms with Crippen molar-refractivity contribution in [2.75, 3.05) is 45.3 Å². The molecule has 0 fully saturated rings. The zero-order valence-electron chi connectivity index (χ0n) is 18.4. The normalized spacial score (nSPS) is 9.68. The minimum Gasteiger partial charge on any atom is -0.462 e. The van der Waals surface area contributed by atoms with Crippen LogP contribution in [0.25, 0.3) is 0 Å². The number of ether oxygens (including phenoxy) is 2. The Kier molecular flexibility index (Phi) is 24.6. The van der Waals surface area contributed by atoms with Crippen molar-refractivity contribution in [3.63, 3.8) is 0 Å². The first-order valence-electron chi connectivity index (χ1n) is 9.41. The van der Waals surface area contributed by atoms with Gasteiger partial charge in [-0.2, -0.15) is 0 Å². The second-order valence-electron chi connectivity index (χ2n) is 6.52. The Morgan fingerprint density at radius 1 is 0.857 bits per heavy atom. The third kappa shape index (κ3) is 29.4. The van der Waals surface area contributed by atoms with Gasteiger partial charge in [0.05, 0.1) is 13.2 Å². The zero-order chi connectivity index (χ0) is 22.5. The lowest BCUT2D eigenvalue weighted by molar-refractivity contribution is -0.149. The lowest BCUT2D eigenvalue weighted by atomic mass is 10.1. The van der Waals surface area contributed by atoms with Gasteiger partial charge in [-0.05, 0) is 17.6 Å². The van der Waals surface area contributed by atoms with E-state index in [1.54, 1.807) is 0 Å². The largest absolute Gasteiger partial charge is 0.462 e. The number of hydrogen-bond donors (Lipinski definition) is 2. The molecule has 2 N–H and O–H groups in total. The molecular formula is C19H39NO7S. The van der Waals surface area contributed by atoms with Gasteiger partial charge >= 0.3 is 11.9 Å². The number of rotatable bonds is 9. The van der Waals surface area contributed by atoms with E-state index >= 15 is 0 Å². The maximum absolute atomic E-state index is 11.7. The van der Waals surface area contributed by atoms with Crippen molar-refractivity contribution in [2.24, 2.45) is 11.8 Å². The SMILES string of the molecule is CC(=O)OCCOC(C)=O.CCSC(=O)N(CC(C)C)CC(C)C.OCCO. The maximum Gasteiger partial charge on any atom is 0.302 e. The number of nitrogens with zero attached hydrogens (tertiary/aromatic N) is 1. The Balaban J connectivity index is -0.000000388. The second kappa shape index (κ2) is 22.0. The van der Waals surface area contributed by atoms with Crippen LogP contribution in [-0.4, -0.2) is 77.6 Å². The van der Waals surface area contributed by atoms with Gasteiger partial charge in [0, 0.05) is 26.9 Å². The fourth-order valence-corrected chi connectivity index (χ4v) is 2.27. The van der Waals surface area contributed by atoms with Gasteiger partial charge in [-0.3, -0.25) is 14.4 Å². The van der Waals surface area contributed by atoms with E-state index in [1.807, 2.05) is 11.8 Å². The number of amides is 1. The van der Waals surface area contributed by atoms with E-state index in [1.165, 1.54) is 25.6 Å². The van der Waals surface area contributed by atoms with Crippen LogP contribution in [0.4, 0.5) is 4.79 Å². The average molecular weight is 426 g/mol. The van der Waals surface area contributed by atoms with Crippen LogP contribution in [-0.2, 0) is 19.1 Å². The van der Waals surface area contributed by atoms with Crippen LogP contribution in [0.15, 0.2) is 0 Å². The molecule has 0 saturated carbocycles. The van der Waals surface area contributed by atoms with E-state index in [0.717, 1.165) is 18.8 Å². The number of aliphatic hydroxyl groups is 2. The van der Waals surface area contributed by atoms with E-state index in [9.17, 15) is 14.4 Å². The lowest BCUT2D eigenvalue weighted by Gasteiger charge is -2.25. The number of carbonyl (C=O) groups excluding carboxylic acids is 3. The van der Waals surface area contributed by atoms with Crippen molar-refractivity contribution in [3.8, 4) is 0 Å². The molecule has 8 nitrogen and oxygen atoms in total. The summed E-state index contributed by atoms with van der Waals surface area (Å²) in [5, 5.41) is 15.5. The van der Waals surface area contributed by atoms with E-state index in [0.29, 0.717) is 11.8 Å². The quantitative estimate of drug-likeness (QED) is 0.428. The van der Waals surface area contributed by atoms with Gasteiger partial charge < -0.3 is 24.6 Å². The Morgan fingerprint density at radius 3 is 1.43 bits per heavy atom. The molecule has 0 aromatic rings. The summed E-state index contributed by atoms with van der Waals surface area (Å²) in [6, 6.07) is 0. The first-order chi connectivity index (χ1) is 13.0. The molecule has 1 amide bonds. The fourth-order valence-electron chi connectivity index (χ4n) is 1.69. The molecule has 0 bridgehead atoms. The van der Waals surface area contributed by atoms with Crippen LogP contribution in [0.2, 0.25) is 0 Å². The number of carbonyl (C=O) groups is 3. The van der Waals surface area contributed by atoms with Crippen molar-refractivity contribution in [3.05, 3.63) is 0 Å². The highest BCUT2D eigenvalue weighted by molar-refractivity contribution is 8.13. The molecule has 0 aliphatic rings. The molecule has 0 rings (SSSR count). The highest BCUT2D eigenvalue weighted by Crippen LogP contribution is 2.12. The van der Waals surface area contributed by atoms with Crippen LogP contribution >= 0.6 is 11.8 Å². The molecule has 0 aromatic carbocycles. The van der Waals surface area contributed by atoms with Gasteiger partial charge in [0.15, 0.2) is 0 Å². The maximum atomic E-state index is 11.7. The summed E-state index contributed by atoms with van der Waals surface area (Å²) in [6.45, 7) is 15.0. The third-order valence-electron chi connectivity index (χ3n) is 2.49. The standard InChI is InChI=1S/C11H23NOS.C6H10O4.C2H6O2/c1-6-14-11(13)12(7-9(2)3)8-10(4)5;1-5(7)9-3-4-10-6(2)8;3-1-2-4/h9-10H,6-8H2,1-5H3;3-4H2,1-2H3;3-4H,1-2H2. The van der Waals surface area contributed by atoms with E-state index in [2.05, 4.69) is 37.2 Å². The smallest absolute Gasteiger partial charge is 0.302 e. The van der Waals surface area contributed by atoms with Crippen LogP contribution in [0, 0.1) is 11.8 Å². The second-order valence-corrected chi connectivity index (χ2v) is 7.73. The molecular weight excluding hydrogens is 386 g/mol. The Bertz CT molecular complexity index is 376. The number of esters is 2. The van der Waals surface area contributed by atoms with E-state index in [-0.39, 0.29) is 43.6 Å². The summed E-state index contributed by atoms with van der Waals surface area (Å²) in [6.07, 6.45) is 0. The van der Waals surface area contributed by atoms with Crippen molar-refractivity contribution in [1.29, 1.82) is 0 Å². The van der Waals surface area contributed by atoms with Crippen molar-refractivity contribution < 1.29 is 34.1 Å². The molecule has 0 spiro atoms. The highest BCUT2D eigenvalue weighted by Gasteiger charge is 2.15. The van der Waals surface area contributed by atoms with Gasteiger partial charge in [-0.1, -0.05) is 46.4 Å². The minimum absolute atomic E-state index is 0.125. The molecule has 0 heterocycles. The summed E-state index contributed by atoms with van der Waals surface area (Å²) in [5.74, 6) is 1.23. The molecule has 0 aliphatic carbocycles. The lowest BCUT2D eigenvalue weighted by Crippen LogP contribution is -2.34. The molecule has 0 radical (unpaired) electrons. The molecule has 0 aromatic heterocycles. The summed E-state index contributed by atoms with van der Waals surface area (Å²) < 4.78 is 8.95. The van der Waals surface area contributed by atoms with Crippen LogP contribution in [0.3, 0.4) is 0 Å². The molecule has 0 atom stereocenters. The van der Waals surface area contributed by atoms with Gasteiger partial charge in [0.2, 0.25) is 0 Å². The summed E-state index contributed by atoms with van der Waals surface area (Å²) in [7, 11) is 0. The first kappa shape index (κ1) is 31.4. The molecule has 0 aliphatic heterocycles. The van der Waals surface area contributed by atoms with Gasteiger partial charge in [-0.15, -0.1) is 0 Å². The monoisotopic (exact) mass is 425 g/mol. The summed E-state index contributed by atoms with van der Waals surface area (Å²) >= 11 is 1.41. The Morgan fingerprint density at radius 2 is 1.21 bits per heavy atom. The number of aliphatic hydroxyl groups excluding tert-OH is 2. The van der Waals surface area contributed by atoms with Gasteiger partial charge in [-0.25, -0.2) is 0 Å². The van der Waals surface area contributed by atoms with E-state index in [4.69, 9.17) is 10.2 Å². The number of hydrogen-bond acceptors (Lipinski definition) is 8. The molecule has 168 valence electrons. The van der Waals surface area contributed by atoms with Crippen LogP contribution in [0.1, 0.15) is 48.5 Å². The molecule has 0 saturated heterocycles. The summed E-state index contributed by atoms with van der Waals surface area (Å²) in [5.41, 5.74) is 0. The summed E-state index contributed by atoms with van der Waals surface area (Å²) in [4.78, 5) is 33.9. The van der Waals surface area contributed by atoms with Gasteiger partial charge in [0.1, 0.15) is 13.2 Å². The van der Waals surface area contributed by atoms with Crippen molar-refractivity contribution in [1.82, 2.24) is 4.90 Å². The predicted molar refractivity (Wildman–Crippen MR) is 112 cm³/mol. The fraction of sp³-hybridized carbons (Fsp3) is 0.842. The van der Waals surface area contributed by atoms with Crippen LogP contribution in [0.5, 0.6) is 0 Å². The minimum atomic E-state index is -0.368. The number of thioether (sulfide) groups is 1. The average Bonchev–Trinajstić information content (AvgIpc) is 2.58. The molecule has 9 heteroatoms.